The lowest BCUT2D eigenvalue weighted by molar-refractivity contribution is 0.274. The Kier molecular flexibility index (Phi) is 4.58. The van der Waals surface area contributed by atoms with E-state index in [4.69, 9.17) is 0 Å². The first-order valence-electron chi connectivity index (χ1n) is 7.14. The summed E-state index contributed by atoms with van der Waals surface area (Å²) in [6.07, 6.45) is 3.80. The van der Waals surface area contributed by atoms with Gasteiger partial charge in [-0.15, -0.1) is 0 Å². The van der Waals surface area contributed by atoms with Gasteiger partial charge in [0, 0.05) is 38.3 Å². The maximum Gasteiger partial charge on any atom is 0.137 e. The van der Waals surface area contributed by atoms with Crippen LogP contribution in [-0.2, 0) is 6.42 Å². The number of anilines is 2. The van der Waals surface area contributed by atoms with E-state index in [1.807, 2.05) is 7.05 Å². The first kappa shape index (κ1) is 14.1. The Morgan fingerprint density at radius 1 is 1.37 bits per heavy atom. The standard InChI is InChI=1S/C14H25N5/c1-5-6-12-13(15-3)16-10-17-14(12)19-8-7-18(4)9-11(19)2/h10-11H,5-9H2,1-4H3,(H,15,16,17). The van der Waals surface area contributed by atoms with Crippen molar-refractivity contribution in [2.75, 3.05) is 43.9 Å². The molecule has 1 aromatic rings. The van der Waals surface area contributed by atoms with Gasteiger partial charge in [-0.2, -0.15) is 0 Å². The smallest absolute Gasteiger partial charge is 0.137 e. The molecule has 1 atom stereocenters. The average Bonchev–Trinajstić information content (AvgIpc) is 2.40. The Bertz CT molecular complexity index is 420. The van der Waals surface area contributed by atoms with Crippen molar-refractivity contribution >= 4 is 11.6 Å². The molecule has 0 aromatic carbocycles. The summed E-state index contributed by atoms with van der Waals surface area (Å²) in [4.78, 5) is 13.7. The van der Waals surface area contributed by atoms with Crippen molar-refractivity contribution in [2.45, 2.75) is 32.7 Å². The molecule has 19 heavy (non-hydrogen) atoms. The van der Waals surface area contributed by atoms with Crippen LogP contribution in [0.1, 0.15) is 25.8 Å². The summed E-state index contributed by atoms with van der Waals surface area (Å²) >= 11 is 0. The molecule has 1 fully saturated rings. The molecule has 0 spiro atoms. The van der Waals surface area contributed by atoms with Gasteiger partial charge in [-0.25, -0.2) is 9.97 Å². The van der Waals surface area contributed by atoms with Crippen molar-refractivity contribution in [2.24, 2.45) is 0 Å². The molecule has 1 N–H and O–H groups in total. The molecular formula is C14H25N5. The van der Waals surface area contributed by atoms with E-state index in [2.05, 4.69) is 46.0 Å². The van der Waals surface area contributed by atoms with Crippen LogP contribution in [0.25, 0.3) is 0 Å². The van der Waals surface area contributed by atoms with Crippen molar-refractivity contribution in [1.82, 2.24) is 14.9 Å². The van der Waals surface area contributed by atoms with Gasteiger partial charge in [-0.3, -0.25) is 0 Å². The zero-order chi connectivity index (χ0) is 13.8. The average molecular weight is 263 g/mol. The lowest BCUT2D eigenvalue weighted by Gasteiger charge is -2.39. The summed E-state index contributed by atoms with van der Waals surface area (Å²) in [5, 5.41) is 3.20. The summed E-state index contributed by atoms with van der Waals surface area (Å²) in [6.45, 7) is 7.68. The number of nitrogens with zero attached hydrogens (tertiary/aromatic N) is 4. The Labute approximate surface area is 116 Å². The number of rotatable bonds is 4. The SMILES string of the molecule is CCCc1c(NC)ncnc1N1CCN(C)CC1C. The van der Waals surface area contributed by atoms with E-state index < -0.39 is 0 Å². The Morgan fingerprint density at radius 3 is 2.79 bits per heavy atom. The molecule has 5 heteroatoms. The fourth-order valence-electron chi connectivity index (χ4n) is 2.80. The molecule has 0 aliphatic carbocycles. The van der Waals surface area contributed by atoms with Gasteiger partial charge >= 0.3 is 0 Å². The van der Waals surface area contributed by atoms with Crippen LogP contribution in [0.5, 0.6) is 0 Å². The van der Waals surface area contributed by atoms with Gasteiger partial charge in [0.25, 0.3) is 0 Å². The van der Waals surface area contributed by atoms with Gasteiger partial charge in [0.1, 0.15) is 18.0 Å². The summed E-state index contributed by atoms with van der Waals surface area (Å²) < 4.78 is 0. The summed E-state index contributed by atoms with van der Waals surface area (Å²) in [5.74, 6) is 2.08. The molecule has 5 nitrogen and oxygen atoms in total. The molecule has 1 saturated heterocycles. The summed E-state index contributed by atoms with van der Waals surface area (Å²) in [7, 11) is 4.11. The molecular weight excluding hydrogens is 238 g/mol. The van der Waals surface area contributed by atoms with Gasteiger partial charge in [0.2, 0.25) is 0 Å². The quantitative estimate of drug-likeness (QED) is 0.894. The second-order valence-corrected chi connectivity index (χ2v) is 5.33. The van der Waals surface area contributed by atoms with Gasteiger partial charge in [-0.05, 0) is 20.4 Å². The molecule has 0 saturated carbocycles. The maximum atomic E-state index is 4.56. The summed E-state index contributed by atoms with van der Waals surface area (Å²) in [6, 6.07) is 0.494. The maximum absolute atomic E-state index is 4.56. The second-order valence-electron chi connectivity index (χ2n) is 5.33. The van der Waals surface area contributed by atoms with Gasteiger partial charge in [0.15, 0.2) is 0 Å². The van der Waals surface area contributed by atoms with Crippen molar-refractivity contribution in [3.63, 3.8) is 0 Å². The number of likely N-dealkylation sites (N-methyl/N-ethyl adjacent to an activating group) is 1. The minimum Gasteiger partial charge on any atom is -0.373 e. The molecule has 106 valence electrons. The Morgan fingerprint density at radius 2 is 2.16 bits per heavy atom. The van der Waals surface area contributed by atoms with E-state index in [1.54, 1.807) is 6.33 Å². The Hall–Kier alpha value is -1.36. The molecule has 1 unspecified atom stereocenters. The van der Waals surface area contributed by atoms with E-state index in [9.17, 15) is 0 Å². The van der Waals surface area contributed by atoms with Crippen LogP contribution in [-0.4, -0.2) is 54.6 Å². The Balaban J connectivity index is 2.32. The van der Waals surface area contributed by atoms with Crippen LogP contribution >= 0.6 is 0 Å². The molecule has 2 rings (SSSR count). The van der Waals surface area contributed by atoms with Crippen molar-refractivity contribution < 1.29 is 0 Å². The lowest BCUT2D eigenvalue weighted by atomic mass is 10.1. The predicted octanol–water partition coefficient (Wildman–Crippen LogP) is 1.61. The van der Waals surface area contributed by atoms with Crippen LogP contribution in [0.4, 0.5) is 11.6 Å². The van der Waals surface area contributed by atoms with E-state index >= 15 is 0 Å². The molecule has 0 bridgehead atoms. The summed E-state index contributed by atoms with van der Waals surface area (Å²) in [5.41, 5.74) is 1.25. The minimum absolute atomic E-state index is 0.494. The monoisotopic (exact) mass is 263 g/mol. The number of hydrogen-bond acceptors (Lipinski definition) is 5. The fraction of sp³-hybridized carbons (Fsp3) is 0.714. The van der Waals surface area contributed by atoms with E-state index in [-0.39, 0.29) is 0 Å². The highest BCUT2D eigenvalue weighted by atomic mass is 15.3. The molecule has 2 heterocycles. The number of nitrogens with one attached hydrogen (secondary N) is 1. The van der Waals surface area contributed by atoms with Gasteiger partial charge < -0.3 is 15.1 Å². The first-order chi connectivity index (χ1) is 9.17. The van der Waals surface area contributed by atoms with Crippen LogP contribution < -0.4 is 10.2 Å². The molecule has 1 aromatic heterocycles. The lowest BCUT2D eigenvalue weighted by Crippen LogP contribution is -2.51. The van der Waals surface area contributed by atoms with Crippen molar-refractivity contribution in [1.29, 1.82) is 0 Å². The minimum atomic E-state index is 0.494. The highest BCUT2D eigenvalue weighted by Crippen LogP contribution is 2.27. The topological polar surface area (TPSA) is 44.3 Å². The molecule has 0 amide bonds. The zero-order valence-corrected chi connectivity index (χ0v) is 12.5. The largest absolute Gasteiger partial charge is 0.373 e. The van der Waals surface area contributed by atoms with Crippen LogP contribution in [0.15, 0.2) is 6.33 Å². The number of aromatic nitrogens is 2. The molecule has 1 aliphatic heterocycles. The van der Waals surface area contributed by atoms with E-state index in [1.165, 1.54) is 5.56 Å². The van der Waals surface area contributed by atoms with Crippen molar-refractivity contribution in [3.8, 4) is 0 Å². The number of piperazine rings is 1. The first-order valence-corrected chi connectivity index (χ1v) is 7.14. The highest BCUT2D eigenvalue weighted by molar-refractivity contribution is 5.59. The van der Waals surface area contributed by atoms with E-state index in [0.29, 0.717) is 6.04 Å². The van der Waals surface area contributed by atoms with Gasteiger partial charge in [-0.1, -0.05) is 13.3 Å². The second kappa shape index (κ2) is 6.19. The van der Waals surface area contributed by atoms with Crippen LogP contribution in [0.2, 0.25) is 0 Å². The molecule has 1 aliphatic rings. The van der Waals surface area contributed by atoms with Crippen LogP contribution in [0.3, 0.4) is 0 Å². The third kappa shape index (κ3) is 2.97. The number of hydrogen-bond donors (Lipinski definition) is 1. The zero-order valence-electron chi connectivity index (χ0n) is 12.5. The molecule has 0 radical (unpaired) electrons. The third-order valence-electron chi connectivity index (χ3n) is 3.76. The van der Waals surface area contributed by atoms with Crippen molar-refractivity contribution in [3.05, 3.63) is 11.9 Å². The third-order valence-corrected chi connectivity index (χ3v) is 3.76. The van der Waals surface area contributed by atoms with E-state index in [0.717, 1.165) is 44.1 Å². The van der Waals surface area contributed by atoms with Gasteiger partial charge in [0.05, 0.1) is 0 Å². The fourth-order valence-corrected chi connectivity index (χ4v) is 2.80. The highest BCUT2D eigenvalue weighted by Gasteiger charge is 2.25. The predicted molar refractivity (Wildman–Crippen MR) is 79.9 cm³/mol. The normalized spacial score (nSPS) is 20.6. The van der Waals surface area contributed by atoms with Crippen LogP contribution in [0, 0.1) is 0 Å².